The lowest BCUT2D eigenvalue weighted by Crippen LogP contribution is -2.48. The van der Waals surface area contributed by atoms with Gasteiger partial charge in [-0.05, 0) is 41.3 Å². The van der Waals surface area contributed by atoms with Gasteiger partial charge >= 0.3 is 0 Å². The molecule has 0 spiro atoms. The highest BCUT2D eigenvalue weighted by Crippen LogP contribution is 2.35. The van der Waals surface area contributed by atoms with Crippen molar-refractivity contribution in [3.05, 3.63) is 91.4 Å². The molecule has 1 aliphatic heterocycles. The van der Waals surface area contributed by atoms with Gasteiger partial charge in [-0.15, -0.1) is 0 Å². The Bertz CT molecular complexity index is 1300. The summed E-state index contributed by atoms with van der Waals surface area (Å²) in [5.74, 6) is 0.618. The minimum Gasteiger partial charge on any atom is -0.494 e. The predicted molar refractivity (Wildman–Crippen MR) is 152 cm³/mol. The molecule has 3 aromatic rings. The van der Waals surface area contributed by atoms with Crippen LogP contribution in [-0.4, -0.2) is 49.0 Å². The van der Waals surface area contributed by atoms with E-state index in [-0.39, 0.29) is 26.6 Å². The molecule has 1 N–H and O–H groups in total. The third kappa shape index (κ3) is 6.14. The maximum atomic E-state index is 13.1. The molecule has 0 radical (unpaired) electrons. The zero-order valence-electron chi connectivity index (χ0n) is 21.5. The van der Waals surface area contributed by atoms with Crippen LogP contribution in [0.25, 0.3) is 0 Å². The number of nitrogens with one attached hydrogen (secondary N) is 1. The molecule has 10 heteroatoms. The van der Waals surface area contributed by atoms with Gasteiger partial charge in [0.05, 0.1) is 22.1 Å². The number of amides is 1. The Labute approximate surface area is 232 Å². The third-order valence-electron chi connectivity index (χ3n) is 6.69. The number of nitro groups is 1. The highest BCUT2D eigenvalue weighted by Gasteiger charge is 2.25. The number of methoxy groups -OCH3 is 1. The number of halogens is 2. The summed E-state index contributed by atoms with van der Waals surface area (Å²) >= 11 is 12.4. The van der Waals surface area contributed by atoms with E-state index in [1.54, 1.807) is 29.2 Å². The molecule has 0 aliphatic carbocycles. The van der Waals surface area contributed by atoms with Gasteiger partial charge in [0, 0.05) is 50.0 Å². The number of hydrogen-bond donors (Lipinski definition) is 1. The standard InChI is InChI=1S/C28H30Cl2N4O4/c1-18(2)20-6-4-19(5-7-20)17-31-25-16-22(8-9-26(25)34(36)37)32-10-12-33(13-11-32)28(35)21-14-23(29)27(38-3)24(30)15-21/h4-9,14-16,18,31H,10-13,17H2,1-3H3. The van der Waals surface area contributed by atoms with Gasteiger partial charge < -0.3 is 19.9 Å². The van der Waals surface area contributed by atoms with Crippen LogP contribution in [0.2, 0.25) is 10.0 Å². The van der Waals surface area contributed by atoms with Crippen molar-refractivity contribution in [2.45, 2.75) is 26.3 Å². The van der Waals surface area contributed by atoms with Gasteiger partial charge in [0.1, 0.15) is 5.69 Å². The Morgan fingerprint density at radius 1 is 1.03 bits per heavy atom. The maximum Gasteiger partial charge on any atom is 0.292 e. The molecular weight excluding hydrogens is 527 g/mol. The number of benzene rings is 3. The summed E-state index contributed by atoms with van der Waals surface area (Å²) in [5.41, 5.74) is 4.03. The first-order chi connectivity index (χ1) is 18.2. The minimum absolute atomic E-state index is 0.0228. The van der Waals surface area contributed by atoms with E-state index in [1.165, 1.54) is 18.7 Å². The second-order valence-electron chi connectivity index (χ2n) is 9.46. The molecule has 1 fully saturated rings. The highest BCUT2D eigenvalue weighted by molar-refractivity contribution is 6.37. The number of piperazine rings is 1. The number of rotatable bonds is 8. The largest absolute Gasteiger partial charge is 0.494 e. The van der Waals surface area contributed by atoms with Crippen LogP contribution >= 0.6 is 23.2 Å². The van der Waals surface area contributed by atoms with Crippen LogP contribution in [0.15, 0.2) is 54.6 Å². The number of hydrogen-bond acceptors (Lipinski definition) is 6. The summed E-state index contributed by atoms with van der Waals surface area (Å²) in [7, 11) is 1.47. The van der Waals surface area contributed by atoms with Crippen LogP contribution in [0.1, 0.15) is 41.3 Å². The van der Waals surface area contributed by atoms with Crippen molar-refractivity contribution >= 4 is 46.2 Å². The van der Waals surface area contributed by atoms with Crippen LogP contribution in [0.5, 0.6) is 5.75 Å². The Hall–Kier alpha value is -3.49. The molecule has 0 unspecified atom stereocenters. The van der Waals surface area contributed by atoms with Crippen molar-refractivity contribution in [1.82, 2.24) is 4.90 Å². The lowest BCUT2D eigenvalue weighted by Gasteiger charge is -2.36. The lowest BCUT2D eigenvalue weighted by atomic mass is 10.0. The van der Waals surface area contributed by atoms with E-state index in [2.05, 4.69) is 36.2 Å². The SMILES string of the molecule is COc1c(Cl)cc(C(=O)N2CCN(c3ccc([N+](=O)[O-])c(NCc4ccc(C(C)C)cc4)c3)CC2)cc1Cl. The van der Waals surface area contributed by atoms with Gasteiger partial charge in [-0.3, -0.25) is 14.9 Å². The first kappa shape index (κ1) is 27.5. The van der Waals surface area contributed by atoms with Crippen molar-refractivity contribution in [2.75, 3.05) is 43.5 Å². The van der Waals surface area contributed by atoms with E-state index >= 15 is 0 Å². The summed E-state index contributed by atoms with van der Waals surface area (Å²) in [6.07, 6.45) is 0. The van der Waals surface area contributed by atoms with Gasteiger partial charge in [-0.2, -0.15) is 0 Å². The van der Waals surface area contributed by atoms with Crippen LogP contribution in [0.3, 0.4) is 0 Å². The van der Waals surface area contributed by atoms with Crippen LogP contribution < -0.4 is 15.0 Å². The molecule has 0 bridgehead atoms. The van der Waals surface area contributed by atoms with Gasteiger partial charge in [-0.1, -0.05) is 61.3 Å². The number of nitrogens with zero attached hydrogens (tertiary/aromatic N) is 3. The number of ether oxygens (including phenoxy) is 1. The van der Waals surface area contributed by atoms with Crippen LogP contribution in [0.4, 0.5) is 17.1 Å². The molecule has 1 aliphatic rings. The average Bonchev–Trinajstić information content (AvgIpc) is 2.91. The third-order valence-corrected chi connectivity index (χ3v) is 7.25. The second kappa shape index (κ2) is 11.9. The first-order valence-corrected chi connectivity index (χ1v) is 13.1. The van der Waals surface area contributed by atoms with E-state index in [1.807, 2.05) is 12.1 Å². The molecule has 0 aromatic heterocycles. The molecule has 38 heavy (non-hydrogen) atoms. The molecule has 0 atom stereocenters. The molecule has 1 amide bonds. The van der Waals surface area contributed by atoms with Gasteiger partial charge in [0.2, 0.25) is 0 Å². The van der Waals surface area contributed by atoms with Crippen molar-refractivity contribution in [2.24, 2.45) is 0 Å². The Balaban J connectivity index is 1.44. The summed E-state index contributed by atoms with van der Waals surface area (Å²) in [4.78, 5) is 28.2. The van der Waals surface area contributed by atoms with Gasteiger partial charge in [-0.25, -0.2) is 0 Å². The highest BCUT2D eigenvalue weighted by atomic mass is 35.5. The zero-order chi connectivity index (χ0) is 27.4. The zero-order valence-corrected chi connectivity index (χ0v) is 23.1. The summed E-state index contributed by atoms with van der Waals surface area (Å²) in [5, 5.41) is 15.5. The fraction of sp³-hybridized carbons (Fsp3) is 0.321. The van der Waals surface area contributed by atoms with Crippen molar-refractivity contribution in [3.8, 4) is 5.75 Å². The Morgan fingerprint density at radius 3 is 2.21 bits per heavy atom. The minimum atomic E-state index is -0.379. The van der Waals surface area contributed by atoms with E-state index in [4.69, 9.17) is 27.9 Å². The smallest absolute Gasteiger partial charge is 0.292 e. The second-order valence-corrected chi connectivity index (χ2v) is 10.3. The number of nitro benzene ring substituents is 1. The Morgan fingerprint density at radius 2 is 1.66 bits per heavy atom. The Kier molecular flexibility index (Phi) is 8.64. The predicted octanol–water partition coefficient (Wildman–Crippen LogP) is 6.61. The van der Waals surface area contributed by atoms with Crippen molar-refractivity contribution < 1.29 is 14.5 Å². The molecule has 1 heterocycles. The molecule has 3 aromatic carbocycles. The molecule has 1 saturated heterocycles. The summed E-state index contributed by atoms with van der Waals surface area (Å²) in [6.45, 7) is 6.89. The van der Waals surface area contributed by atoms with Crippen LogP contribution in [0, 0.1) is 10.1 Å². The van der Waals surface area contributed by atoms with E-state index < -0.39 is 0 Å². The fourth-order valence-corrected chi connectivity index (χ4v) is 5.11. The molecule has 200 valence electrons. The molecule has 8 nitrogen and oxygen atoms in total. The normalized spacial score (nSPS) is 13.5. The molecule has 4 rings (SSSR count). The van der Waals surface area contributed by atoms with E-state index in [9.17, 15) is 14.9 Å². The molecular formula is C28H30Cl2N4O4. The molecule has 0 saturated carbocycles. The number of carbonyl (C=O) groups excluding carboxylic acids is 1. The van der Waals surface area contributed by atoms with Crippen molar-refractivity contribution in [3.63, 3.8) is 0 Å². The van der Waals surface area contributed by atoms with E-state index in [0.717, 1.165) is 11.3 Å². The maximum absolute atomic E-state index is 13.1. The monoisotopic (exact) mass is 556 g/mol. The van der Waals surface area contributed by atoms with Gasteiger partial charge in [0.15, 0.2) is 5.75 Å². The average molecular weight is 557 g/mol. The number of anilines is 2. The fourth-order valence-electron chi connectivity index (χ4n) is 4.47. The number of carbonyl (C=O) groups is 1. The van der Waals surface area contributed by atoms with Gasteiger partial charge in [0.25, 0.3) is 11.6 Å². The quantitative estimate of drug-likeness (QED) is 0.248. The van der Waals surface area contributed by atoms with Crippen molar-refractivity contribution in [1.29, 1.82) is 0 Å². The van der Waals surface area contributed by atoms with Crippen LogP contribution in [-0.2, 0) is 6.54 Å². The summed E-state index contributed by atoms with van der Waals surface area (Å²) < 4.78 is 5.16. The summed E-state index contributed by atoms with van der Waals surface area (Å²) in [6, 6.07) is 16.5. The van der Waals surface area contributed by atoms with E-state index in [0.29, 0.717) is 55.6 Å². The topological polar surface area (TPSA) is 88.0 Å². The first-order valence-electron chi connectivity index (χ1n) is 12.4. The lowest BCUT2D eigenvalue weighted by molar-refractivity contribution is -0.384.